The highest BCUT2D eigenvalue weighted by molar-refractivity contribution is 7.96. The smallest absolute Gasteiger partial charge is 0.190 e. The van der Waals surface area contributed by atoms with Gasteiger partial charge in [-0.1, -0.05) is 12.1 Å². The summed E-state index contributed by atoms with van der Waals surface area (Å²) in [6, 6.07) is 5.86. The second-order valence-electron chi connectivity index (χ2n) is 3.11. The van der Waals surface area contributed by atoms with E-state index in [1.807, 2.05) is 18.2 Å². The zero-order chi connectivity index (χ0) is 9.26. The van der Waals surface area contributed by atoms with Gasteiger partial charge >= 0.3 is 0 Å². The van der Waals surface area contributed by atoms with Gasteiger partial charge in [-0.3, -0.25) is 4.79 Å². The van der Waals surface area contributed by atoms with E-state index in [1.165, 1.54) is 5.56 Å². The van der Waals surface area contributed by atoms with E-state index in [0.717, 1.165) is 24.3 Å². The SMILES string of the molecule is O=C(S)Cc1ccc2c(c1)CCO2. The molecule has 3 heteroatoms. The van der Waals surface area contributed by atoms with E-state index >= 15 is 0 Å². The quantitative estimate of drug-likeness (QED) is 0.724. The summed E-state index contributed by atoms with van der Waals surface area (Å²) in [5.41, 5.74) is 2.22. The Bertz CT molecular complexity index is 347. The Hall–Kier alpha value is -0.960. The van der Waals surface area contributed by atoms with Gasteiger partial charge in [-0.15, -0.1) is 12.6 Å². The van der Waals surface area contributed by atoms with Gasteiger partial charge in [0, 0.05) is 12.8 Å². The molecule has 0 aromatic heterocycles. The minimum absolute atomic E-state index is 0.0983. The van der Waals surface area contributed by atoms with Gasteiger partial charge in [0.05, 0.1) is 6.61 Å². The monoisotopic (exact) mass is 194 g/mol. The molecule has 0 aliphatic carbocycles. The number of benzene rings is 1. The van der Waals surface area contributed by atoms with E-state index in [4.69, 9.17) is 4.74 Å². The molecule has 1 aromatic rings. The first-order valence-corrected chi connectivity index (χ1v) is 4.67. The van der Waals surface area contributed by atoms with Crippen molar-refractivity contribution in [1.82, 2.24) is 0 Å². The highest BCUT2D eigenvalue weighted by atomic mass is 32.1. The van der Waals surface area contributed by atoms with Crippen molar-refractivity contribution < 1.29 is 9.53 Å². The van der Waals surface area contributed by atoms with Crippen LogP contribution in [0, 0.1) is 0 Å². The standard InChI is InChI=1S/C10H10O2S/c11-10(13)6-7-1-2-9-8(5-7)3-4-12-9/h1-2,5H,3-4,6H2,(H,11,13). The lowest BCUT2D eigenvalue weighted by Crippen LogP contribution is -1.93. The van der Waals surface area contributed by atoms with Crippen LogP contribution in [0.5, 0.6) is 5.75 Å². The maximum Gasteiger partial charge on any atom is 0.190 e. The van der Waals surface area contributed by atoms with E-state index in [-0.39, 0.29) is 5.12 Å². The normalized spacial score (nSPS) is 13.6. The van der Waals surface area contributed by atoms with Crippen LogP contribution in [0.4, 0.5) is 0 Å². The summed E-state index contributed by atoms with van der Waals surface area (Å²) in [4.78, 5) is 10.7. The summed E-state index contributed by atoms with van der Waals surface area (Å²) < 4.78 is 5.35. The first kappa shape index (κ1) is 8.63. The number of carbonyl (C=O) groups is 1. The fourth-order valence-corrected chi connectivity index (χ4v) is 1.71. The molecule has 2 nitrogen and oxygen atoms in total. The highest BCUT2D eigenvalue weighted by Gasteiger charge is 2.12. The molecule has 0 spiro atoms. The van der Waals surface area contributed by atoms with Crippen LogP contribution in [0.25, 0.3) is 0 Å². The Labute approximate surface area is 82.3 Å². The largest absolute Gasteiger partial charge is 0.493 e. The van der Waals surface area contributed by atoms with Crippen LogP contribution in [0.1, 0.15) is 11.1 Å². The number of fused-ring (bicyclic) bond motifs is 1. The highest BCUT2D eigenvalue weighted by Crippen LogP contribution is 2.26. The molecule has 1 aliphatic heterocycles. The van der Waals surface area contributed by atoms with Gasteiger partial charge in [0.2, 0.25) is 0 Å². The topological polar surface area (TPSA) is 26.3 Å². The summed E-state index contributed by atoms with van der Waals surface area (Å²) in [6.45, 7) is 0.758. The van der Waals surface area contributed by atoms with E-state index < -0.39 is 0 Å². The summed E-state index contributed by atoms with van der Waals surface area (Å²) >= 11 is 3.74. The van der Waals surface area contributed by atoms with Crippen molar-refractivity contribution in [1.29, 1.82) is 0 Å². The molecule has 68 valence electrons. The summed E-state index contributed by atoms with van der Waals surface area (Å²) in [7, 11) is 0. The third kappa shape index (κ3) is 1.86. The zero-order valence-corrected chi connectivity index (χ0v) is 8.01. The second kappa shape index (κ2) is 3.42. The first-order valence-electron chi connectivity index (χ1n) is 4.22. The van der Waals surface area contributed by atoms with Gasteiger partial charge in [0.1, 0.15) is 5.75 Å². The molecule has 0 bridgehead atoms. The average Bonchev–Trinajstić information content (AvgIpc) is 2.49. The van der Waals surface area contributed by atoms with Crippen LogP contribution in [0.15, 0.2) is 18.2 Å². The average molecular weight is 194 g/mol. The molecule has 0 fully saturated rings. The van der Waals surface area contributed by atoms with Crippen LogP contribution < -0.4 is 4.74 Å². The van der Waals surface area contributed by atoms with Gasteiger partial charge in [-0.2, -0.15) is 0 Å². The molecule has 0 atom stereocenters. The molecule has 0 saturated heterocycles. The second-order valence-corrected chi connectivity index (χ2v) is 3.61. The number of rotatable bonds is 2. The minimum atomic E-state index is -0.0983. The Morgan fingerprint density at radius 2 is 2.38 bits per heavy atom. The van der Waals surface area contributed by atoms with Crippen molar-refractivity contribution in [3.05, 3.63) is 29.3 Å². The van der Waals surface area contributed by atoms with Crippen LogP contribution in [-0.2, 0) is 17.6 Å². The van der Waals surface area contributed by atoms with Crippen LogP contribution in [0.3, 0.4) is 0 Å². The maximum absolute atomic E-state index is 10.7. The molecule has 0 saturated carbocycles. The predicted molar refractivity (Wildman–Crippen MR) is 53.3 cm³/mol. The molecular weight excluding hydrogens is 184 g/mol. The summed E-state index contributed by atoms with van der Waals surface area (Å²) in [6.07, 6.45) is 1.35. The Balaban J connectivity index is 2.25. The molecule has 0 radical (unpaired) electrons. The van der Waals surface area contributed by atoms with E-state index in [0.29, 0.717) is 6.42 Å². The lowest BCUT2D eigenvalue weighted by molar-refractivity contribution is -0.110. The number of thiol groups is 1. The van der Waals surface area contributed by atoms with Crippen molar-refractivity contribution in [2.24, 2.45) is 0 Å². The van der Waals surface area contributed by atoms with Gasteiger partial charge in [-0.05, 0) is 17.2 Å². The van der Waals surface area contributed by atoms with Crippen molar-refractivity contribution in [3.63, 3.8) is 0 Å². The van der Waals surface area contributed by atoms with E-state index in [1.54, 1.807) is 0 Å². The van der Waals surface area contributed by atoms with Crippen molar-refractivity contribution in [2.75, 3.05) is 6.61 Å². The van der Waals surface area contributed by atoms with E-state index in [9.17, 15) is 4.79 Å². The Morgan fingerprint density at radius 3 is 3.15 bits per heavy atom. The first-order chi connectivity index (χ1) is 6.25. The molecule has 1 aliphatic rings. The van der Waals surface area contributed by atoms with Crippen molar-refractivity contribution in [3.8, 4) is 5.75 Å². The van der Waals surface area contributed by atoms with Crippen LogP contribution in [-0.4, -0.2) is 11.7 Å². The van der Waals surface area contributed by atoms with Gasteiger partial charge < -0.3 is 4.74 Å². The van der Waals surface area contributed by atoms with E-state index in [2.05, 4.69) is 12.6 Å². The third-order valence-corrected chi connectivity index (χ3v) is 2.27. The maximum atomic E-state index is 10.7. The number of hydrogen-bond acceptors (Lipinski definition) is 2. The van der Waals surface area contributed by atoms with Crippen molar-refractivity contribution in [2.45, 2.75) is 12.8 Å². The number of carbonyl (C=O) groups excluding carboxylic acids is 1. The minimum Gasteiger partial charge on any atom is -0.493 e. The van der Waals surface area contributed by atoms with Gasteiger partial charge in [0.25, 0.3) is 0 Å². The predicted octanol–water partition coefficient (Wildman–Crippen LogP) is 1.62. The number of ether oxygens (including phenoxy) is 1. The molecular formula is C10H10O2S. The van der Waals surface area contributed by atoms with Crippen LogP contribution >= 0.6 is 12.6 Å². The lowest BCUT2D eigenvalue weighted by atomic mass is 10.1. The summed E-state index contributed by atoms with van der Waals surface area (Å²) in [5, 5.41) is -0.0983. The van der Waals surface area contributed by atoms with Crippen molar-refractivity contribution >= 4 is 17.7 Å². The molecule has 13 heavy (non-hydrogen) atoms. The molecule has 1 heterocycles. The zero-order valence-electron chi connectivity index (χ0n) is 7.12. The number of hydrogen-bond donors (Lipinski definition) is 1. The molecule has 0 unspecified atom stereocenters. The Morgan fingerprint density at radius 1 is 1.54 bits per heavy atom. The molecule has 1 aromatic carbocycles. The van der Waals surface area contributed by atoms with Gasteiger partial charge in [0.15, 0.2) is 5.12 Å². The molecule has 0 N–H and O–H groups in total. The Kier molecular flexibility index (Phi) is 2.27. The van der Waals surface area contributed by atoms with Gasteiger partial charge in [-0.25, -0.2) is 0 Å². The third-order valence-electron chi connectivity index (χ3n) is 2.11. The summed E-state index contributed by atoms with van der Waals surface area (Å²) in [5.74, 6) is 0.954. The lowest BCUT2D eigenvalue weighted by Gasteiger charge is -2.01. The van der Waals surface area contributed by atoms with Crippen LogP contribution in [0.2, 0.25) is 0 Å². The fraction of sp³-hybridized carbons (Fsp3) is 0.300. The molecule has 2 rings (SSSR count). The molecule has 0 amide bonds. The fourth-order valence-electron chi connectivity index (χ4n) is 1.52.